The molecule has 1 amide bonds. The number of unbranched alkanes of at least 4 members (excludes halogenated alkanes) is 1. The molecule has 1 aromatic carbocycles. The van der Waals surface area contributed by atoms with Crippen molar-refractivity contribution in [2.45, 2.75) is 39.2 Å². The van der Waals surface area contributed by atoms with Crippen LogP contribution in [0.15, 0.2) is 22.7 Å². The summed E-state index contributed by atoms with van der Waals surface area (Å²) in [6, 6.07) is 5.48. The van der Waals surface area contributed by atoms with Crippen molar-refractivity contribution in [3.8, 4) is 5.75 Å². The molecule has 6 heteroatoms. The zero-order valence-corrected chi connectivity index (χ0v) is 14.9. The summed E-state index contributed by atoms with van der Waals surface area (Å²) in [6.07, 6.45) is 1.24. The van der Waals surface area contributed by atoms with Gasteiger partial charge in [-0.05, 0) is 51.8 Å². The molecule has 0 aromatic heterocycles. The van der Waals surface area contributed by atoms with E-state index in [1.54, 1.807) is 6.07 Å². The number of carbonyl (C=O) groups excluding carboxylic acids is 1. The normalized spacial score (nSPS) is 11.1. The molecule has 21 heavy (non-hydrogen) atoms. The van der Waals surface area contributed by atoms with Crippen LogP contribution < -0.4 is 10.1 Å². The molecule has 0 aliphatic heterocycles. The average molecular weight is 379 g/mol. The number of ether oxygens (including phenoxy) is 2. The van der Waals surface area contributed by atoms with Crippen LogP contribution in [-0.2, 0) is 4.74 Å². The molecule has 1 rings (SSSR count). The Labute approximate surface area is 139 Å². The first-order valence-corrected chi connectivity index (χ1v) is 8.00. The predicted octanol–water partition coefficient (Wildman–Crippen LogP) is 4.79. The molecule has 118 valence electrons. The lowest BCUT2D eigenvalue weighted by atomic mass is 10.2. The second-order valence-electron chi connectivity index (χ2n) is 5.56. The fraction of sp³-hybridized carbons (Fsp3) is 0.533. The van der Waals surface area contributed by atoms with Crippen molar-refractivity contribution >= 4 is 33.6 Å². The van der Waals surface area contributed by atoms with Gasteiger partial charge >= 0.3 is 6.09 Å². The Bertz CT molecular complexity index is 474. The number of alkyl carbamates (subject to hydrolysis) is 1. The first-order valence-electron chi connectivity index (χ1n) is 6.82. The standard InChI is InChI=1S/C15H21BrClNO3/c1-15(2,3)21-14(19)18-8-4-5-9-20-13-10-11(16)6-7-12(13)17/h6-7,10H,4-5,8-9H2,1-3H3,(H,18,19). The third kappa shape index (κ3) is 8.17. The average Bonchev–Trinajstić information content (AvgIpc) is 2.35. The van der Waals surface area contributed by atoms with Crippen molar-refractivity contribution < 1.29 is 14.3 Å². The van der Waals surface area contributed by atoms with Crippen LogP contribution in [0.5, 0.6) is 5.75 Å². The number of benzene rings is 1. The van der Waals surface area contributed by atoms with E-state index in [-0.39, 0.29) is 0 Å². The van der Waals surface area contributed by atoms with Crippen LogP contribution in [-0.4, -0.2) is 24.8 Å². The fourth-order valence-corrected chi connectivity index (χ4v) is 2.01. The van der Waals surface area contributed by atoms with E-state index in [4.69, 9.17) is 21.1 Å². The van der Waals surface area contributed by atoms with Gasteiger partial charge in [0.2, 0.25) is 0 Å². The van der Waals surface area contributed by atoms with Gasteiger partial charge in [0.1, 0.15) is 11.4 Å². The van der Waals surface area contributed by atoms with Crippen molar-refractivity contribution in [3.63, 3.8) is 0 Å². The van der Waals surface area contributed by atoms with Crippen LogP contribution in [0.1, 0.15) is 33.6 Å². The van der Waals surface area contributed by atoms with Gasteiger partial charge in [0, 0.05) is 11.0 Å². The largest absolute Gasteiger partial charge is 0.492 e. The van der Waals surface area contributed by atoms with E-state index in [1.165, 1.54) is 0 Å². The maximum atomic E-state index is 11.4. The van der Waals surface area contributed by atoms with Crippen molar-refractivity contribution in [2.24, 2.45) is 0 Å². The van der Waals surface area contributed by atoms with Crippen molar-refractivity contribution in [2.75, 3.05) is 13.2 Å². The van der Waals surface area contributed by atoms with Gasteiger partial charge in [-0.2, -0.15) is 0 Å². The minimum Gasteiger partial charge on any atom is -0.492 e. The number of carbonyl (C=O) groups is 1. The van der Waals surface area contributed by atoms with Gasteiger partial charge < -0.3 is 14.8 Å². The zero-order chi connectivity index (χ0) is 15.9. The van der Waals surface area contributed by atoms with Crippen molar-refractivity contribution in [1.29, 1.82) is 0 Å². The summed E-state index contributed by atoms with van der Waals surface area (Å²) in [5.41, 5.74) is -0.468. The van der Waals surface area contributed by atoms with Crippen molar-refractivity contribution in [1.82, 2.24) is 5.32 Å². The van der Waals surface area contributed by atoms with Gasteiger partial charge in [0.05, 0.1) is 11.6 Å². The molecule has 0 saturated heterocycles. The Morgan fingerprint density at radius 3 is 2.71 bits per heavy atom. The molecule has 0 atom stereocenters. The topological polar surface area (TPSA) is 47.6 Å². The molecule has 0 fully saturated rings. The van der Waals surface area contributed by atoms with Gasteiger partial charge in [0.25, 0.3) is 0 Å². The van der Waals surface area contributed by atoms with E-state index < -0.39 is 11.7 Å². The van der Waals surface area contributed by atoms with Gasteiger partial charge in [0.15, 0.2) is 0 Å². The van der Waals surface area contributed by atoms with Crippen LogP contribution in [0.25, 0.3) is 0 Å². The molecule has 0 radical (unpaired) electrons. The number of rotatable bonds is 6. The lowest BCUT2D eigenvalue weighted by molar-refractivity contribution is 0.0526. The molecule has 4 nitrogen and oxygen atoms in total. The monoisotopic (exact) mass is 377 g/mol. The highest BCUT2D eigenvalue weighted by Crippen LogP contribution is 2.27. The van der Waals surface area contributed by atoms with Crippen LogP contribution in [0, 0.1) is 0 Å². The molecule has 0 saturated carbocycles. The molecular weight excluding hydrogens is 358 g/mol. The molecule has 0 aliphatic rings. The summed E-state index contributed by atoms with van der Waals surface area (Å²) in [5.74, 6) is 0.658. The Kier molecular flexibility index (Phi) is 7.32. The van der Waals surface area contributed by atoms with E-state index in [0.717, 1.165) is 17.3 Å². The summed E-state index contributed by atoms with van der Waals surface area (Å²) in [5, 5.41) is 3.30. The maximum Gasteiger partial charge on any atom is 0.407 e. The number of halogens is 2. The molecule has 0 heterocycles. The van der Waals surface area contributed by atoms with Gasteiger partial charge in [-0.25, -0.2) is 4.79 Å². The first kappa shape index (κ1) is 18.1. The summed E-state index contributed by atoms with van der Waals surface area (Å²) < 4.78 is 11.7. The Hall–Kier alpha value is -0.940. The third-order valence-electron chi connectivity index (χ3n) is 2.39. The van der Waals surface area contributed by atoms with E-state index >= 15 is 0 Å². The lowest BCUT2D eigenvalue weighted by Crippen LogP contribution is -2.33. The third-order valence-corrected chi connectivity index (χ3v) is 3.20. The summed E-state index contributed by atoms with van der Waals surface area (Å²) in [6.45, 7) is 6.61. The number of hydrogen-bond donors (Lipinski definition) is 1. The Balaban J connectivity index is 2.15. The lowest BCUT2D eigenvalue weighted by Gasteiger charge is -2.19. The van der Waals surface area contributed by atoms with Gasteiger partial charge in [-0.15, -0.1) is 0 Å². The molecule has 0 spiro atoms. The van der Waals surface area contributed by atoms with Crippen LogP contribution in [0.2, 0.25) is 5.02 Å². The van der Waals surface area contributed by atoms with Crippen molar-refractivity contribution in [3.05, 3.63) is 27.7 Å². The second-order valence-corrected chi connectivity index (χ2v) is 6.88. The summed E-state index contributed by atoms with van der Waals surface area (Å²) >= 11 is 9.39. The molecule has 0 aliphatic carbocycles. The Morgan fingerprint density at radius 1 is 1.33 bits per heavy atom. The second kappa shape index (κ2) is 8.49. The molecule has 1 aromatic rings. The first-order chi connectivity index (χ1) is 9.78. The highest BCUT2D eigenvalue weighted by molar-refractivity contribution is 9.10. The van der Waals surface area contributed by atoms with E-state index in [9.17, 15) is 4.79 Å². The Morgan fingerprint density at radius 2 is 2.05 bits per heavy atom. The minimum atomic E-state index is -0.468. The summed E-state index contributed by atoms with van der Waals surface area (Å²) in [7, 11) is 0. The van der Waals surface area contributed by atoms with E-state index in [1.807, 2.05) is 32.9 Å². The SMILES string of the molecule is CC(C)(C)OC(=O)NCCCCOc1cc(Br)ccc1Cl. The van der Waals surface area contributed by atoms with E-state index in [0.29, 0.717) is 23.9 Å². The van der Waals surface area contributed by atoms with Crippen LogP contribution >= 0.6 is 27.5 Å². The zero-order valence-electron chi connectivity index (χ0n) is 12.5. The smallest absolute Gasteiger partial charge is 0.407 e. The quantitative estimate of drug-likeness (QED) is 0.724. The molecule has 0 unspecified atom stereocenters. The fourth-order valence-electron chi connectivity index (χ4n) is 1.50. The molecule has 1 N–H and O–H groups in total. The number of hydrogen-bond acceptors (Lipinski definition) is 3. The van der Waals surface area contributed by atoms with Crippen LogP contribution in [0.3, 0.4) is 0 Å². The van der Waals surface area contributed by atoms with Gasteiger partial charge in [-0.3, -0.25) is 0 Å². The number of nitrogens with one attached hydrogen (secondary N) is 1. The van der Waals surface area contributed by atoms with E-state index in [2.05, 4.69) is 21.2 Å². The predicted molar refractivity (Wildman–Crippen MR) is 88.1 cm³/mol. The van der Waals surface area contributed by atoms with Crippen LogP contribution in [0.4, 0.5) is 4.79 Å². The molecular formula is C15H21BrClNO3. The minimum absolute atomic E-state index is 0.390. The maximum absolute atomic E-state index is 11.4. The van der Waals surface area contributed by atoms with Gasteiger partial charge in [-0.1, -0.05) is 27.5 Å². The highest BCUT2D eigenvalue weighted by Gasteiger charge is 2.15. The summed E-state index contributed by atoms with van der Waals surface area (Å²) in [4.78, 5) is 11.4. The molecule has 0 bridgehead atoms. The highest BCUT2D eigenvalue weighted by atomic mass is 79.9. The number of amides is 1.